The van der Waals surface area contributed by atoms with Gasteiger partial charge in [0.1, 0.15) is 22.8 Å². The summed E-state index contributed by atoms with van der Waals surface area (Å²) in [6.07, 6.45) is -0.546. The zero-order chi connectivity index (χ0) is 24.6. The predicted molar refractivity (Wildman–Crippen MR) is 116 cm³/mol. The highest BCUT2D eigenvalue weighted by atomic mass is 32.2. The smallest absolute Gasteiger partial charge is 0.408 e. The van der Waals surface area contributed by atoms with Gasteiger partial charge in [-0.1, -0.05) is 44.2 Å². The number of amides is 3. The van der Waals surface area contributed by atoms with Crippen molar-refractivity contribution in [1.29, 1.82) is 0 Å². The Balaban J connectivity index is 2.08. The van der Waals surface area contributed by atoms with Crippen molar-refractivity contribution < 1.29 is 37.2 Å². The number of benzene rings is 1. The standard InChI is InChI=1S/C21H31N3O8S/c1-13(2)10-16(24-21(28)32-12-14-6-4-3-5-7-14)19(26)23-17(20(27)33(29,30)31)11-15-8-9-22-18(15)25/h3-7,13,15-17,20,27H,8-12H2,1-2H3,(H,22,25)(H,23,26)(H,24,28)(H,29,30,31)/p-1/t15-,16-,17-,20?/m0/s1. The van der Waals surface area contributed by atoms with Crippen LogP contribution in [0.5, 0.6) is 0 Å². The van der Waals surface area contributed by atoms with Gasteiger partial charge in [-0.2, -0.15) is 0 Å². The van der Waals surface area contributed by atoms with Gasteiger partial charge in [0.05, 0.1) is 6.04 Å². The molecule has 1 fully saturated rings. The van der Waals surface area contributed by atoms with E-state index in [9.17, 15) is 32.5 Å². The van der Waals surface area contributed by atoms with Crippen LogP contribution in [-0.2, 0) is 31.1 Å². The van der Waals surface area contributed by atoms with E-state index in [1.165, 1.54) is 0 Å². The second kappa shape index (κ2) is 12.0. The molecular formula is C21H30N3O8S-. The van der Waals surface area contributed by atoms with Gasteiger partial charge in [-0.3, -0.25) is 9.59 Å². The van der Waals surface area contributed by atoms with Gasteiger partial charge in [0.25, 0.3) is 0 Å². The zero-order valence-electron chi connectivity index (χ0n) is 18.5. The molecule has 4 N–H and O–H groups in total. The van der Waals surface area contributed by atoms with Crippen molar-refractivity contribution >= 4 is 28.0 Å². The number of aliphatic hydroxyl groups excluding tert-OH is 1. The first-order chi connectivity index (χ1) is 15.5. The summed E-state index contributed by atoms with van der Waals surface area (Å²) in [5, 5.41) is 17.4. The van der Waals surface area contributed by atoms with Crippen LogP contribution in [0.15, 0.2) is 30.3 Å². The third kappa shape index (κ3) is 8.63. The van der Waals surface area contributed by atoms with Crippen molar-refractivity contribution in [3.8, 4) is 0 Å². The summed E-state index contributed by atoms with van der Waals surface area (Å²) in [6, 6.07) is 6.27. The van der Waals surface area contributed by atoms with E-state index >= 15 is 0 Å². The SMILES string of the molecule is CC(C)C[C@H](NC(=O)OCc1ccccc1)C(=O)N[C@@H](C[C@@H]1CCNC1=O)C(O)S(=O)(=O)[O-]. The van der Waals surface area contributed by atoms with Crippen molar-refractivity contribution in [2.75, 3.05) is 6.54 Å². The second-order valence-electron chi connectivity index (χ2n) is 8.40. The highest BCUT2D eigenvalue weighted by molar-refractivity contribution is 7.86. The van der Waals surface area contributed by atoms with E-state index in [1.54, 1.807) is 24.3 Å². The number of rotatable bonds is 11. The fourth-order valence-electron chi connectivity index (χ4n) is 3.52. The summed E-state index contributed by atoms with van der Waals surface area (Å²) in [6.45, 7) is 3.98. The number of aliphatic hydroxyl groups is 1. The molecule has 1 aromatic rings. The van der Waals surface area contributed by atoms with Crippen LogP contribution < -0.4 is 16.0 Å². The molecule has 1 saturated heterocycles. The molecule has 0 radical (unpaired) electrons. The highest BCUT2D eigenvalue weighted by Gasteiger charge is 2.35. The molecule has 0 aliphatic carbocycles. The molecule has 3 amide bonds. The van der Waals surface area contributed by atoms with Crippen LogP contribution in [0, 0.1) is 11.8 Å². The average molecular weight is 485 g/mol. The second-order valence-corrected chi connectivity index (χ2v) is 9.87. The van der Waals surface area contributed by atoms with Gasteiger partial charge >= 0.3 is 6.09 Å². The van der Waals surface area contributed by atoms with Gasteiger partial charge in [-0.15, -0.1) is 0 Å². The number of carbonyl (C=O) groups excluding carboxylic acids is 3. The first-order valence-corrected chi connectivity index (χ1v) is 12.1. The van der Waals surface area contributed by atoms with E-state index in [0.717, 1.165) is 5.56 Å². The third-order valence-corrected chi connectivity index (χ3v) is 6.12. The van der Waals surface area contributed by atoms with E-state index in [-0.39, 0.29) is 31.3 Å². The molecule has 0 aromatic heterocycles. The van der Waals surface area contributed by atoms with Crippen LogP contribution in [0.3, 0.4) is 0 Å². The Morgan fingerprint density at radius 1 is 1.24 bits per heavy atom. The lowest BCUT2D eigenvalue weighted by molar-refractivity contribution is -0.126. The minimum atomic E-state index is -5.17. The maximum absolute atomic E-state index is 12.9. The number of hydrogen-bond donors (Lipinski definition) is 4. The Morgan fingerprint density at radius 2 is 1.91 bits per heavy atom. The molecule has 1 heterocycles. The molecule has 33 heavy (non-hydrogen) atoms. The molecule has 1 unspecified atom stereocenters. The molecular weight excluding hydrogens is 454 g/mol. The summed E-state index contributed by atoms with van der Waals surface area (Å²) in [5.74, 6) is -1.86. The lowest BCUT2D eigenvalue weighted by Crippen LogP contribution is -2.55. The fourth-order valence-corrected chi connectivity index (χ4v) is 4.10. The van der Waals surface area contributed by atoms with Gasteiger partial charge in [0.2, 0.25) is 11.8 Å². The van der Waals surface area contributed by atoms with Crippen LogP contribution >= 0.6 is 0 Å². The first-order valence-electron chi connectivity index (χ1n) is 10.7. The first kappa shape index (κ1) is 26.6. The summed E-state index contributed by atoms with van der Waals surface area (Å²) in [7, 11) is -5.17. The molecule has 0 spiro atoms. The summed E-state index contributed by atoms with van der Waals surface area (Å²) in [4.78, 5) is 37.0. The molecule has 11 nitrogen and oxygen atoms in total. The van der Waals surface area contributed by atoms with Crippen LogP contribution in [0.2, 0.25) is 0 Å². The van der Waals surface area contributed by atoms with Crippen molar-refractivity contribution in [2.24, 2.45) is 11.8 Å². The Labute approximate surface area is 193 Å². The van der Waals surface area contributed by atoms with Crippen molar-refractivity contribution in [1.82, 2.24) is 16.0 Å². The van der Waals surface area contributed by atoms with Crippen molar-refractivity contribution in [3.63, 3.8) is 0 Å². The fraction of sp³-hybridized carbons (Fsp3) is 0.571. The number of nitrogens with one attached hydrogen (secondary N) is 3. The molecule has 1 aromatic carbocycles. The largest absolute Gasteiger partial charge is 0.746 e. The van der Waals surface area contributed by atoms with Crippen LogP contribution in [-0.4, -0.2) is 60.0 Å². The number of hydrogen-bond acceptors (Lipinski definition) is 8. The maximum Gasteiger partial charge on any atom is 0.408 e. The number of ether oxygens (including phenoxy) is 1. The molecule has 2 rings (SSSR count). The van der Waals surface area contributed by atoms with Crippen molar-refractivity contribution in [2.45, 2.75) is 57.2 Å². The van der Waals surface area contributed by atoms with E-state index in [4.69, 9.17) is 4.74 Å². The van der Waals surface area contributed by atoms with E-state index in [0.29, 0.717) is 13.0 Å². The summed E-state index contributed by atoms with van der Waals surface area (Å²) < 4.78 is 39.4. The van der Waals surface area contributed by atoms with Crippen LogP contribution in [0.1, 0.15) is 38.7 Å². The Hall–Kier alpha value is -2.70. The predicted octanol–water partition coefficient (Wildman–Crippen LogP) is 0.202. The Bertz CT molecular complexity index is 923. The molecule has 0 bridgehead atoms. The van der Waals surface area contributed by atoms with Crippen LogP contribution in [0.25, 0.3) is 0 Å². The minimum absolute atomic E-state index is 0.0186. The summed E-state index contributed by atoms with van der Waals surface area (Å²) >= 11 is 0. The van der Waals surface area contributed by atoms with E-state index < -0.39 is 45.6 Å². The average Bonchev–Trinajstić information content (AvgIpc) is 3.14. The topological polar surface area (TPSA) is 174 Å². The Kier molecular flexibility index (Phi) is 9.62. The number of alkyl carbamates (subject to hydrolysis) is 1. The molecule has 184 valence electrons. The quantitative estimate of drug-likeness (QED) is 0.322. The zero-order valence-corrected chi connectivity index (χ0v) is 19.3. The van der Waals surface area contributed by atoms with Crippen LogP contribution in [0.4, 0.5) is 4.79 Å². The maximum atomic E-state index is 12.9. The highest BCUT2D eigenvalue weighted by Crippen LogP contribution is 2.20. The Morgan fingerprint density at radius 3 is 2.45 bits per heavy atom. The minimum Gasteiger partial charge on any atom is -0.746 e. The molecule has 1 aliphatic heterocycles. The van der Waals surface area contributed by atoms with Gasteiger partial charge < -0.3 is 30.3 Å². The third-order valence-electron chi connectivity index (χ3n) is 5.20. The monoisotopic (exact) mass is 484 g/mol. The lowest BCUT2D eigenvalue weighted by Gasteiger charge is -2.29. The molecule has 12 heteroatoms. The van der Waals surface area contributed by atoms with E-state index in [2.05, 4.69) is 16.0 Å². The number of carbonyl (C=O) groups is 3. The van der Waals surface area contributed by atoms with E-state index in [1.807, 2.05) is 19.9 Å². The van der Waals surface area contributed by atoms with Gasteiger partial charge in [0, 0.05) is 12.5 Å². The summed E-state index contributed by atoms with van der Waals surface area (Å²) in [5.41, 5.74) is -1.70. The van der Waals surface area contributed by atoms with Gasteiger partial charge in [0.15, 0.2) is 5.44 Å². The van der Waals surface area contributed by atoms with Gasteiger partial charge in [-0.05, 0) is 30.7 Å². The molecule has 4 atom stereocenters. The normalized spacial score (nSPS) is 18.8. The van der Waals surface area contributed by atoms with Crippen molar-refractivity contribution in [3.05, 3.63) is 35.9 Å². The molecule has 0 saturated carbocycles. The molecule has 1 aliphatic rings. The lowest BCUT2D eigenvalue weighted by atomic mass is 9.97. The van der Waals surface area contributed by atoms with Gasteiger partial charge in [-0.25, -0.2) is 13.2 Å².